The molecule has 0 unspecified atom stereocenters. The highest BCUT2D eigenvalue weighted by Gasteiger charge is 2.32. The topological polar surface area (TPSA) is 72.1 Å². The predicted octanol–water partition coefficient (Wildman–Crippen LogP) is 2.94. The minimum Gasteiger partial charge on any atom is -0.493 e. The van der Waals surface area contributed by atoms with E-state index < -0.39 is 0 Å². The molecule has 1 aromatic carbocycles. The molecule has 3 rings (SSSR count). The van der Waals surface area contributed by atoms with Crippen molar-refractivity contribution in [2.75, 3.05) is 53.6 Å². The Morgan fingerprint density at radius 2 is 1.94 bits per heavy atom. The number of nitrogens with zero attached hydrogens (tertiary/aromatic N) is 1. The number of amides is 1. The maximum Gasteiger partial charge on any atom is 0.254 e. The van der Waals surface area contributed by atoms with Crippen LogP contribution in [0, 0.1) is 11.8 Å². The molecule has 1 saturated heterocycles. The number of hydrogen-bond acceptors (Lipinski definition) is 6. The zero-order valence-corrected chi connectivity index (χ0v) is 20.2. The van der Waals surface area contributed by atoms with Gasteiger partial charge in [0.15, 0.2) is 11.5 Å². The Balaban J connectivity index is 1.65. The number of hydrogen-bond donors (Lipinski definition) is 2. The van der Waals surface area contributed by atoms with Crippen LogP contribution in [0.25, 0.3) is 0 Å². The lowest BCUT2D eigenvalue weighted by Gasteiger charge is -2.33. The highest BCUT2D eigenvalue weighted by atomic mass is 16.5. The van der Waals surface area contributed by atoms with Gasteiger partial charge in [-0.25, -0.2) is 0 Å². The van der Waals surface area contributed by atoms with E-state index in [-0.39, 0.29) is 11.9 Å². The van der Waals surface area contributed by atoms with Crippen LogP contribution in [-0.2, 0) is 4.74 Å². The summed E-state index contributed by atoms with van der Waals surface area (Å²) in [6, 6.07) is 6.28. The van der Waals surface area contributed by atoms with Crippen molar-refractivity contribution < 1.29 is 19.0 Å². The van der Waals surface area contributed by atoms with Crippen LogP contribution in [0.4, 0.5) is 0 Å². The van der Waals surface area contributed by atoms with Crippen molar-refractivity contribution in [3.05, 3.63) is 23.8 Å². The molecule has 2 N–H and O–H groups in total. The molecule has 180 valence electrons. The summed E-state index contributed by atoms with van der Waals surface area (Å²) in [4.78, 5) is 15.5. The van der Waals surface area contributed by atoms with Crippen molar-refractivity contribution >= 4 is 5.91 Å². The molecule has 0 bridgehead atoms. The number of ether oxygens (including phenoxy) is 3. The zero-order valence-electron chi connectivity index (χ0n) is 20.2. The summed E-state index contributed by atoms with van der Waals surface area (Å²) < 4.78 is 16.4. The van der Waals surface area contributed by atoms with Gasteiger partial charge in [-0.2, -0.15) is 0 Å². The SMILES string of the molecule is COCCCOc1cc(C(=O)N(C[C@@H]2CNC[C@@H]2CNC2CCC2)C(C)C)ccc1OC. The number of nitrogens with one attached hydrogen (secondary N) is 2. The van der Waals surface area contributed by atoms with Gasteiger partial charge in [0.25, 0.3) is 5.91 Å². The minimum absolute atomic E-state index is 0.0435. The summed E-state index contributed by atoms with van der Waals surface area (Å²) in [6.07, 6.45) is 4.73. The van der Waals surface area contributed by atoms with Crippen molar-refractivity contribution in [1.29, 1.82) is 0 Å². The average Bonchev–Trinajstić information content (AvgIpc) is 3.20. The molecule has 0 spiro atoms. The van der Waals surface area contributed by atoms with Crippen LogP contribution in [0.3, 0.4) is 0 Å². The highest BCUT2D eigenvalue weighted by molar-refractivity contribution is 5.95. The Morgan fingerprint density at radius 1 is 1.16 bits per heavy atom. The van der Waals surface area contributed by atoms with E-state index in [1.807, 2.05) is 23.1 Å². The first-order valence-electron chi connectivity index (χ1n) is 12.1. The molecule has 7 heteroatoms. The monoisotopic (exact) mass is 447 g/mol. The van der Waals surface area contributed by atoms with E-state index in [1.165, 1.54) is 19.3 Å². The quantitative estimate of drug-likeness (QED) is 0.453. The Kier molecular flexibility index (Phi) is 9.63. The molecule has 2 aliphatic rings. The van der Waals surface area contributed by atoms with Crippen LogP contribution in [0.2, 0.25) is 0 Å². The van der Waals surface area contributed by atoms with E-state index in [0.29, 0.717) is 48.2 Å². The summed E-state index contributed by atoms with van der Waals surface area (Å²) in [6.45, 7) is 9.10. The number of benzene rings is 1. The lowest BCUT2D eigenvalue weighted by atomic mass is 9.90. The van der Waals surface area contributed by atoms with Gasteiger partial charge in [0.05, 0.1) is 13.7 Å². The Hall–Kier alpha value is -1.83. The van der Waals surface area contributed by atoms with E-state index in [1.54, 1.807) is 14.2 Å². The third-order valence-electron chi connectivity index (χ3n) is 6.73. The van der Waals surface area contributed by atoms with Gasteiger partial charge < -0.3 is 29.7 Å². The molecule has 1 saturated carbocycles. The lowest BCUT2D eigenvalue weighted by Crippen LogP contribution is -2.44. The molecule has 1 heterocycles. The second-order valence-corrected chi connectivity index (χ2v) is 9.33. The first-order valence-corrected chi connectivity index (χ1v) is 12.1. The average molecular weight is 448 g/mol. The van der Waals surface area contributed by atoms with Crippen molar-refractivity contribution in [2.24, 2.45) is 11.8 Å². The first-order chi connectivity index (χ1) is 15.5. The van der Waals surface area contributed by atoms with Gasteiger partial charge in [-0.05, 0) is 69.8 Å². The predicted molar refractivity (Wildman–Crippen MR) is 127 cm³/mol. The molecule has 32 heavy (non-hydrogen) atoms. The van der Waals surface area contributed by atoms with Gasteiger partial charge in [0, 0.05) is 50.9 Å². The summed E-state index contributed by atoms with van der Waals surface area (Å²) in [5.74, 6) is 2.29. The Labute approximate surface area is 193 Å². The van der Waals surface area contributed by atoms with Gasteiger partial charge >= 0.3 is 0 Å². The minimum atomic E-state index is 0.0435. The number of carbonyl (C=O) groups is 1. The summed E-state index contributed by atoms with van der Waals surface area (Å²) >= 11 is 0. The zero-order chi connectivity index (χ0) is 22.9. The van der Waals surface area contributed by atoms with Crippen LogP contribution in [-0.4, -0.2) is 76.5 Å². The Morgan fingerprint density at radius 3 is 2.59 bits per heavy atom. The van der Waals surface area contributed by atoms with Gasteiger partial charge in [0.1, 0.15) is 0 Å². The maximum atomic E-state index is 13.5. The molecule has 1 aliphatic carbocycles. The van der Waals surface area contributed by atoms with Crippen LogP contribution in [0.1, 0.15) is 49.9 Å². The van der Waals surface area contributed by atoms with Gasteiger partial charge in [-0.15, -0.1) is 0 Å². The maximum absolute atomic E-state index is 13.5. The van der Waals surface area contributed by atoms with Crippen LogP contribution in [0.5, 0.6) is 11.5 Å². The summed E-state index contributed by atoms with van der Waals surface area (Å²) in [7, 11) is 3.29. The fourth-order valence-corrected chi connectivity index (χ4v) is 4.42. The number of carbonyl (C=O) groups excluding carboxylic acids is 1. The number of rotatable bonds is 13. The molecule has 0 aromatic heterocycles. The van der Waals surface area contributed by atoms with Gasteiger partial charge in [-0.3, -0.25) is 4.79 Å². The fraction of sp³-hybridized carbons (Fsp3) is 0.720. The smallest absolute Gasteiger partial charge is 0.254 e. The van der Waals surface area contributed by atoms with Crippen LogP contribution >= 0.6 is 0 Å². The molecule has 2 atom stereocenters. The van der Waals surface area contributed by atoms with Gasteiger partial charge in [0.2, 0.25) is 0 Å². The standard InChI is InChI=1S/C25H41N3O4/c1-18(2)28(17-21-15-26-14-20(21)16-27-22-7-5-8-22)25(29)19-9-10-23(31-4)24(13-19)32-12-6-11-30-3/h9-10,13,18,20-22,26-27H,5-8,11-12,14-17H2,1-4H3/t20-,21+/m1/s1. The van der Waals surface area contributed by atoms with Crippen LogP contribution < -0.4 is 20.1 Å². The van der Waals surface area contributed by atoms with Crippen LogP contribution in [0.15, 0.2) is 18.2 Å². The molecular weight excluding hydrogens is 406 g/mol. The number of methoxy groups -OCH3 is 2. The molecule has 1 amide bonds. The molecule has 1 aliphatic heterocycles. The van der Waals surface area contributed by atoms with E-state index in [4.69, 9.17) is 14.2 Å². The third-order valence-corrected chi connectivity index (χ3v) is 6.73. The molecule has 1 aromatic rings. The molecule has 0 radical (unpaired) electrons. The first kappa shape index (κ1) is 24.8. The molecule has 2 fully saturated rings. The summed E-state index contributed by atoms with van der Waals surface area (Å²) in [5, 5.41) is 7.26. The van der Waals surface area contributed by atoms with Crippen molar-refractivity contribution in [3.8, 4) is 11.5 Å². The fourth-order valence-electron chi connectivity index (χ4n) is 4.42. The van der Waals surface area contributed by atoms with E-state index in [0.717, 1.165) is 32.6 Å². The molecular formula is C25H41N3O4. The lowest BCUT2D eigenvalue weighted by molar-refractivity contribution is 0.0660. The third kappa shape index (κ3) is 6.59. The molecule has 7 nitrogen and oxygen atoms in total. The largest absolute Gasteiger partial charge is 0.493 e. The second-order valence-electron chi connectivity index (χ2n) is 9.33. The van der Waals surface area contributed by atoms with Gasteiger partial charge in [-0.1, -0.05) is 6.42 Å². The van der Waals surface area contributed by atoms with E-state index >= 15 is 0 Å². The highest BCUT2D eigenvalue weighted by Crippen LogP contribution is 2.30. The normalized spacial score (nSPS) is 20.9. The van der Waals surface area contributed by atoms with E-state index in [2.05, 4.69) is 24.5 Å². The van der Waals surface area contributed by atoms with Crippen molar-refractivity contribution in [1.82, 2.24) is 15.5 Å². The summed E-state index contributed by atoms with van der Waals surface area (Å²) in [5.41, 5.74) is 0.636. The Bertz CT molecular complexity index is 723. The van der Waals surface area contributed by atoms with Crippen molar-refractivity contribution in [3.63, 3.8) is 0 Å². The van der Waals surface area contributed by atoms with Crippen molar-refractivity contribution in [2.45, 2.75) is 51.6 Å². The van der Waals surface area contributed by atoms with E-state index in [9.17, 15) is 4.79 Å². The second kappa shape index (κ2) is 12.4.